The summed E-state index contributed by atoms with van der Waals surface area (Å²) in [5.41, 5.74) is 0. The van der Waals surface area contributed by atoms with Crippen LogP contribution in [0.25, 0.3) is 0 Å². The van der Waals surface area contributed by atoms with Gasteiger partial charge in [0.1, 0.15) is 6.29 Å². The molecule has 4 heteroatoms. The zero-order chi connectivity index (χ0) is 9.94. The number of carbonyl (C=O) groups is 2. The van der Waals surface area contributed by atoms with Crippen LogP contribution in [0.3, 0.4) is 0 Å². The molecule has 1 N–H and O–H groups in total. The highest BCUT2D eigenvalue weighted by atomic mass is 16.5. The molecule has 0 aromatic heterocycles. The molecule has 0 saturated carbocycles. The van der Waals surface area contributed by atoms with Crippen LogP contribution in [0.2, 0.25) is 0 Å². The van der Waals surface area contributed by atoms with Gasteiger partial charge in [0.25, 0.3) is 0 Å². The van der Waals surface area contributed by atoms with Crippen LogP contribution in [0.1, 0.15) is 26.2 Å². The zero-order valence-electron chi connectivity index (χ0n) is 8.04. The van der Waals surface area contributed by atoms with E-state index in [1.54, 1.807) is 0 Å². The van der Waals surface area contributed by atoms with Crippen molar-refractivity contribution in [1.82, 2.24) is 5.32 Å². The van der Waals surface area contributed by atoms with Gasteiger partial charge in [0.05, 0.1) is 6.61 Å². The van der Waals surface area contributed by atoms with Crippen molar-refractivity contribution in [1.29, 1.82) is 0 Å². The molecular formula is C9H17NO3. The Morgan fingerprint density at radius 2 is 2.23 bits per heavy atom. The quantitative estimate of drug-likeness (QED) is 0.445. The molecule has 0 aliphatic carbocycles. The topological polar surface area (TPSA) is 55.4 Å². The Kier molecular flexibility index (Phi) is 8.55. The van der Waals surface area contributed by atoms with Gasteiger partial charge in [-0.2, -0.15) is 0 Å². The Morgan fingerprint density at radius 3 is 2.85 bits per heavy atom. The summed E-state index contributed by atoms with van der Waals surface area (Å²) in [4.78, 5) is 20.9. The summed E-state index contributed by atoms with van der Waals surface area (Å²) >= 11 is 0. The average molecular weight is 187 g/mol. The monoisotopic (exact) mass is 187 g/mol. The molecule has 13 heavy (non-hydrogen) atoms. The van der Waals surface area contributed by atoms with Gasteiger partial charge in [-0.15, -0.1) is 0 Å². The number of amides is 1. The van der Waals surface area contributed by atoms with Gasteiger partial charge in [0.2, 0.25) is 5.91 Å². The lowest BCUT2D eigenvalue weighted by molar-refractivity contribution is -0.122. The summed E-state index contributed by atoms with van der Waals surface area (Å²) in [5.74, 6) is -0.0575. The molecule has 0 radical (unpaired) electrons. The van der Waals surface area contributed by atoms with Crippen molar-refractivity contribution < 1.29 is 14.3 Å². The maximum atomic E-state index is 11.0. The number of hydrogen-bond donors (Lipinski definition) is 1. The van der Waals surface area contributed by atoms with Crippen LogP contribution in [0.15, 0.2) is 0 Å². The number of hydrogen-bond acceptors (Lipinski definition) is 3. The van der Waals surface area contributed by atoms with Gasteiger partial charge in [-0.25, -0.2) is 0 Å². The van der Waals surface area contributed by atoms with E-state index >= 15 is 0 Å². The molecular weight excluding hydrogens is 170 g/mol. The van der Waals surface area contributed by atoms with E-state index in [0.29, 0.717) is 32.6 Å². The van der Waals surface area contributed by atoms with E-state index in [9.17, 15) is 9.59 Å². The van der Waals surface area contributed by atoms with E-state index < -0.39 is 0 Å². The Morgan fingerprint density at radius 1 is 1.46 bits per heavy atom. The first-order chi connectivity index (χ1) is 6.31. The fourth-order valence-electron chi connectivity index (χ4n) is 0.770. The van der Waals surface area contributed by atoms with Gasteiger partial charge in [-0.05, 0) is 6.42 Å². The smallest absolute Gasteiger partial charge is 0.222 e. The van der Waals surface area contributed by atoms with Gasteiger partial charge < -0.3 is 14.8 Å². The number of rotatable bonds is 8. The lowest BCUT2D eigenvalue weighted by Crippen LogP contribution is -2.25. The molecule has 0 fully saturated rings. The van der Waals surface area contributed by atoms with E-state index in [0.717, 1.165) is 12.7 Å². The standard InChI is InChI=1S/C9H17NO3/c1-2-7-13-8-4-9(12)10-5-3-6-11/h6H,2-5,7-8H2,1H3,(H,10,12). The minimum absolute atomic E-state index is 0.0575. The summed E-state index contributed by atoms with van der Waals surface area (Å²) in [6.45, 7) is 3.60. The lowest BCUT2D eigenvalue weighted by Gasteiger charge is -2.03. The fraction of sp³-hybridized carbons (Fsp3) is 0.778. The third-order valence-corrected chi connectivity index (χ3v) is 1.41. The molecule has 0 aromatic carbocycles. The Bertz CT molecular complexity index is 148. The summed E-state index contributed by atoms with van der Waals surface area (Å²) in [6.07, 6.45) is 2.50. The lowest BCUT2D eigenvalue weighted by atomic mass is 10.4. The van der Waals surface area contributed by atoms with Crippen molar-refractivity contribution in [3.05, 3.63) is 0 Å². The molecule has 1 amide bonds. The highest BCUT2D eigenvalue weighted by Gasteiger charge is 1.98. The molecule has 0 rings (SSSR count). The van der Waals surface area contributed by atoms with Crippen molar-refractivity contribution >= 4 is 12.2 Å². The highest BCUT2D eigenvalue weighted by Crippen LogP contribution is 1.85. The second-order valence-corrected chi connectivity index (χ2v) is 2.67. The normalized spacial score (nSPS) is 9.62. The number of carbonyl (C=O) groups excluding carboxylic acids is 2. The maximum Gasteiger partial charge on any atom is 0.222 e. The SMILES string of the molecule is CCCOCCC(=O)NCCC=O. The number of ether oxygens (including phenoxy) is 1. The summed E-state index contributed by atoms with van der Waals surface area (Å²) < 4.78 is 5.13. The van der Waals surface area contributed by atoms with Crippen LogP contribution in [0.4, 0.5) is 0 Å². The summed E-state index contributed by atoms with van der Waals surface area (Å²) in [7, 11) is 0. The third kappa shape index (κ3) is 9.01. The summed E-state index contributed by atoms with van der Waals surface area (Å²) in [6, 6.07) is 0. The van der Waals surface area contributed by atoms with Crippen LogP contribution < -0.4 is 5.32 Å². The van der Waals surface area contributed by atoms with Crippen LogP contribution >= 0.6 is 0 Å². The largest absolute Gasteiger partial charge is 0.381 e. The van der Waals surface area contributed by atoms with Crippen molar-refractivity contribution in [2.24, 2.45) is 0 Å². The first kappa shape index (κ1) is 12.1. The molecule has 0 aliphatic rings. The molecule has 0 atom stereocenters. The van der Waals surface area contributed by atoms with E-state index in [-0.39, 0.29) is 5.91 Å². The zero-order valence-corrected chi connectivity index (χ0v) is 8.04. The van der Waals surface area contributed by atoms with Crippen LogP contribution in [-0.4, -0.2) is 32.0 Å². The van der Waals surface area contributed by atoms with Crippen LogP contribution in [0.5, 0.6) is 0 Å². The van der Waals surface area contributed by atoms with E-state index in [1.807, 2.05) is 6.92 Å². The summed E-state index contributed by atoms with van der Waals surface area (Å²) in [5, 5.41) is 2.61. The molecule has 0 spiro atoms. The average Bonchev–Trinajstić information content (AvgIpc) is 2.13. The van der Waals surface area contributed by atoms with Crippen molar-refractivity contribution in [2.75, 3.05) is 19.8 Å². The fourth-order valence-corrected chi connectivity index (χ4v) is 0.770. The molecule has 4 nitrogen and oxygen atoms in total. The predicted molar refractivity (Wildman–Crippen MR) is 49.4 cm³/mol. The first-order valence-electron chi connectivity index (χ1n) is 4.59. The third-order valence-electron chi connectivity index (χ3n) is 1.41. The Labute approximate surface area is 78.6 Å². The predicted octanol–water partition coefficient (Wildman–Crippen LogP) is 0.508. The molecule has 76 valence electrons. The minimum atomic E-state index is -0.0575. The van der Waals surface area contributed by atoms with Gasteiger partial charge in [-0.1, -0.05) is 6.92 Å². The van der Waals surface area contributed by atoms with E-state index in [1.165, 1.54) is 0 Å². The first-order valence-corrected chi connectivity index (χ1v) is 4.59. The van der Waals surface area contributed by atoms with Gasteiger partial charge >= 0.3 is 0 Å². The molecule has 0 bridgehead atoms. The van der Waals surface area contributed by atoms with E-state index in [4.69, 9.17) is 4.74 Å². The van der Waals surface area contributed by atoms with Gasteiger partial charge in [0.15, 0.2) is 0 Å². The van der Waals surface area contributed by atoms with Crippen LogP contribution in [-0.2, 0) is 14.3 Å². The van der Waals surface area contributed by atoms with Gasteiger partial charge in [0, 0.05) is 26.0 Å². The second kappa shape index (κ2) is 9.19. The van der Waals surface area contributed by atoms with Crippen molar-refractivity contribution in [3.8, 4) is 0 Å². The number of aldehydes is 1. The van der Waals surface area contributed by atoms with Crippen LogP contribution in [0, 0.1) is 0 Å². The molecule has 0 aromatic rings. The second-order valence-electron chi connectivity index (χ2n) is 2.67. The Balaban J connectivity index is 3.15. The molecule has 0 aliphatic heterocycles. The molecule has 0 unspecified atom stereocenters. The molecule has 0 saturated heterocycles. The van der Waals surface area contributed by atoms with Crippen molar-refractivity contribution in [2.45, 2.75) is 26.2 Å². The Hall–Kier alpha value is -0.900. The minimum Gasteiger partial charge on any atom is -0.381 e. The molecule has 0 heterocycles. The van der Waals surface area contributed by atoms with Gasteiger partial charge in [-0.3, -0.25) is 4.79 Å². The highest BCUT2D eigenvalue weighted by molar-refractivity contribution is 5.76. The van der Waals surface area contributed by atoms with Crippen molar-refractivity contribution in [3.63, 3.8) is 0 Å². The van der Waals surface area contributed by atoms with E-state index in [2.05, 4.69) is 5.32 Å². The number of nitrogens with one attached hydrogen (secondary N) is 1. The maximum absolute atomic E-state index is 11.0.